The molecule has 2 N–H and O–H groups in total. The highest BCUT2D eigenvalue weighted by atomic mass is 32.1. The maximum absolute atomic E-state index is 12.7. The Morgan fingerprint density at radius 1 is 1.00 bits per heavy atom. The van der Waals surface area contributed by atoms with Crippen LogP contribution in [0.1, 0.15) is 59.3 Å². The average Bonchev–Trinajstić information content (AvgIpc) is 2.98. The number of ether oxygens (including phenoxy) is 1. The standard InChI is InChI=1S/C18H21NO5S/c1-24-18(23)14-12-8-4-5-9-13(12)25-16(14)19-15(20)10-6-2-3-7-11(10)17(21)22/h2-9H2,1H3,(H,19,20)(H,21,22). The van der Waals surface area contributed by atoms with E-state index >= 15 is 0 Å². The topological polar surface area (TPSA) is 92.7 Å². The fraction of sp³-hybridized carbons (Fsp3) is 0.500. The number of carboxylic acids is 1. The lowest BCUT2D eigenvalue weighted by molar-refractivity contribution is -0.133. The molecule has 25 heavy (non-hydrogen) atoms. The number of hydrogen-bond donors (Lipinski definition) is 2. The van der Waals surface area contributed by atoms with Gasteiger partial charge in [0.1, 0.15) is 5.00 Å². The summed E-state index contributed by atoms with van der Waals surface area (Å²) in [5.41, 5.74) is 1.91. The van der Waals surface area contributed by atoms with E-state index in [4.69, 9.17) is 4.74 Å². The summed E-state index contributed by atoms with van der Waals surface area (Å²) < 4.78 is 4.90. The number of carbonyl (C=O) groups is 3. The van der Waals surface area contributed by atoms with Crippen molar-refractivity contribution in [2.45, 2.75) is 51.4 Å². The highest BCUT2D eigenvalue weighted by Crippen LogP contribution is 2.39. The summed E-state index contributed by atoms with van der Waals surface area (Å²) in [6, 6.07) is 0. The lowest BCUT2D eigenvalue weighted by Crippen LogP contribution is -2.22. The molecular formula is C18H21NO5S. The Balaban J connectivity index is 1.95. The molecule has 0 saturated carbocycles. The fourth-order valence-corrected chi connectivity index (χ4v) is 4.81. The number of carbonyl (C=O) groups excluding carboxylic acids is 2. The monoisotopic (exact) mass is 363 g/mol. The summed E-state index contributed by atoms with van der Waals surface area (Å²) in [5.74, 6) is -1.91. The van der Waals surface area contributed by atoms with E-state index < -0.39 is 17.8 Å². The van der Waals surface area contributed by atoms with Crippen molar-refractivity contribution in [1.82, 2.24) is 0 Å². The number of nitrogens with one attached hydrogen (secondary N) is 1. The van der Waals surface area contributed by atoms with E-state index in [1.807, 2.05) is 0 Å². The van der Waals surface area contributed by atoms with Gasteiger partial charge in [-0.2, -0.15) is 0 Å². The van der Waals surface area contributed by atoms with Gasteiger partial charge in [-0.25, -0.2) is 9.59 Å². The number of amides is 1. The Hall–Kier alpha value is -2.15. The van der Waals surface area contributed by atoms with Gasteiger partial charge in [0.25, 0.3) is 5.91 Å². The quantitative estimate of drug-likeness (QED) is 0.801. The van der Waals surface area contributed by atoms with Crippen molar-refractivity contribution in [3.63, 3.8) is 0 Å². The average molecular weight is 363 g/mol. The number of rotatable bonds is 4. The van der Waals surface area contributed by atoms with E-state index in [0.717, 1.165) is 49.0 Å². The first-order chi connectivity index (χ1) is 12.0. The molecule has 0 atom stereocenters. The van der Waals surface area contributed by atoms with Crippen LogP contribution in [0.2, 0.25) is 0 Å². The predicted octanol–water partition coefficient (Wildman–Crippen LogP) is 3.31. The second kappa shape index (κ2) is 7.39. The molecule has 2 aliphatic carbocycles. The molecule has 0 aliphatic heterocycles. The second-order valence-corrected chi connectivity index (χ2v) is 7.44. The van der Waals surface area contributed by atoms with Crippen LogP contribution in [0.4, 0.5) is 5.00 Å². The van der Waals surface area contributed by atoms with Gasteiger partial charge in [-0.05, 0) is 56.9 Å². The number of aryl methyl sites for hydroxylation is 1. The Morgan fingerprint density at radius 2 is 1.64 bits per heavy atom. The summed E-state index contributed by atoms with van der Waals surface area (Å²) in [6.07, 6.45) is 6.20. The van der Waals surface area contributed by atoms with Crippen molar-refractivity contribution in [1.29, 1.82) is 0 Å². The van der Waals surface area contributed by atoms with E-state index in [-0.39, 0.29) is 5.57 Å². The number of fused-ring (bicyclic) bond motifs is 1. The minimum absolute atomic E-state index is 0.185. The van der Waals surface area contributed by atoms with Gasteiger partial charge < -0.3 is 15.2 Å². The van der Waals surface area contributed by atoms with E-state index in [9.17, 15) is 19.5 Å². The third-order valence-electron chi connectivity index (χ3n) is 4.79. The first-order valence-electron chi connectivity index (χ1n) is 8.52. The molecule has 0 unspecified atom stereocenters. The summed E-state index contributed by atoms with van der Waals surface area (Å²) in [7, 11) is 1.33. The smallest absolute Gasteiger partial charge is 0.341 e. The number of hydrogen-bond acceptors (Lipinski definition) is 5. The van der Waals surface area contributed by atoms with Crippen LogP contribution in [0.5, 0.6) is 0 Å². The number of methoxy groups -OCH3 is 1. The normalized spacial score (nSPS) is 17.0. The van der Waals surface area contributed by atoms with Crippen molar-refractivity contribution in [3.05, 3.63) is 27.2 Å². The number of esters is 1. The van der Waals surface area contributed by atoms with Crippen molar-refractivity contribution < 1.29 is 24.2 Å². The molecule has 0 fully saturated rings. The molecule has 2 aliphatic rings. The van der Waals surface area contributed by atoms with E-state index in [2.05, 4.69) is 5.32 Å². The molecule has 1 amide bonds. The van der Waals surface area contributed by atoms with Gasteiger partial charge in [0, 0.05) is 16.0 Å². The molecule has 0 saturated heterocycles. The summed E-state index contributed by atoms with van der Waals surface area (Å²) in [4.78, 5) is 37.4. The lowest BCUT2D eigenvalue weighted by atomic mass is 9.91. The molecule has 1 aromatic heterocycles. The van der Waals surface area contributed by atoms with Crippen LogP contribution in [0, 0.1) is 0 Å². The molecular weight excluding hydrogens is 342 g/mol. The maximum atomic E-state index is 12.7. The summed E-state index contributed by atoms with van der Waals surface area (Å²) in [5, 5.41) is 12.6. The van der Waals surface area contributed by atoms with Gasteiger partial charge in [-0.15, -0.1) is 11.3 Å². The highest BCUT2D eigenvalue weighted by molar-refractivity contribution is 7.17. The highest BCUT2D eigenvalue weighted by Gasteiger charge is 2.29. The Morgan fingerprint density at radius 3 is 2.32 bits per heavy atom. The van der Waals surface area contributed by atoms with Gasteiger partial charge in [0.2, 0.25) is 0 Å². The molecule has 3 rings (SSSR count). The zero-order valence-electron chi connectivity index (χ0n) is 14.1. The SMILES string of the molecule is COC(=O)c1c(NC(=O)C2=C(C(=O)O)CCCC2)sc2c1CCCC2. The van der Waals surface area contributed by atoms with Crippen LogP contribution >= 0.6 is 11.3 Å². The molecule has 1 aromatic rings. The molecule has 0 bridgehead atoms. The molecule has 1 heterocycles. The summed E-state index contributed by atoms with van der Waals surface area (Å²) >= 11 is 1.40. The van der Waals surface area contributed by atoms with E-state index in [0.29, 0.717) is 29.0 Å². The Labute approximate surface area is 149 Å². The van der Waals surface area contributed by atoms with Crippen LogP contribution < -0.4 is 5.32 Å². The molecule has 7 heteroatoms. The van der Waals surface area contributed by atoms with Crippen molar-refractivity contribution in [2.24, 2.45) is 0 Å². The van der Waals surface area contributed by atoms with Crippen LogP contribution in [0.3, 0.4) is 0 Å². The number of carboxylic acid groups (broad SMARTS) is 1. The van der Waals surface area contributed by atoms with Crippen molar-refractivity contribution in [3.8, 4) is 0 Å². The summed E-state index contributed by atoms with van der Waals surface area (Å²) in [6.45, 7) is 0. The van der Waals surface area contributed by atoms with Crippen molar-refractivity contribution >= 4 is 34.2 Å². The lowest BCUT2D eigenvalue weighted by Gasteiger charge is -2.17. The van der Waals surface area contributed by atoms with Crippen LogP contribution in [0.25, 0.3) is 0 Å². The van der Waals surface area contributed by atoms with E-state index in [1.54, 1.807) is 0 Å². The first-order valence-corrected chi connectivity index (χ1v) is 9.34. The fourth-order valence-electron chi connectivity index (χ4n) is 3.54. The third kappa shape index (κ3) is 3.46. The zero-order chi connectivity index (χ0) is 18.0. The maximum Gasteiger partial charge on any atom is 0.341 e. The van der Waals surface area contributed by atoms with Gasteiger partial charge in [-0.1, -0.05) is 0 Å². The number of anilines is 1. The Kier molecular flexibility index (Phi) is 5.22. The molecule has 134 valence electrons. The van der Waals surface area contributed by atoms with Gasteiger partial charge in [0.15, 0.2) is 0 Å². The number of thiophene rings is 1. The largest absolute Gasteiger partial charge is 0.478 e. The molecule has 0 radical (unpaired) electrons. The van der Waals surface area contributed by atoms with Crippen LogP contribution in [-0.4, -0.2) is 30.1 Å². The van der Waals surface area contributed by atoms with Crippen LogP contribution in [-0.2, 0) is 27.2 Å². The minimum atomic E-state index is -1.04. The predicted molar refractivity (Wildman–Crippen MR) is 94.1 cm³/mol. The second-order valence-electron chi connectivity index (χ2n) is 6.33. The van der Waals surface area contributed by atoms with Crippen molar-refractivity contribution in [2.75, 3.05) is 12.4 Å². The molecule has 0 spiro atoms. The Bertz CT molecular complexity index is 762. The zero-order valence-corrected chi connectivity index (χ0v) is 15.0. The minimum Gasteiger partial charge on any atom is -0.478 e. The first kappa shape index (κ1) is 17.7. The number of aliphatic carboxylic acids is 1. The molecule has 6 nitrogen and oxygen atoms in total. The van der Waals surface area contributed by atoms with Gasteiger partial charge in [-0.3, -0.25) is 4.79 Å². The van der Waals surface area contributed by atoms with Crippen LogP contribution in [0.15, 0.2) is 11.1 Å². The van der Waals surface area contributed by atoms with Gasteiger partial charge >= 0.3 is 11.9 Å². The molecule has 0 aromatic carbocycles. The third-order valence-corrected chi connectivity index (χ3v) is 6.00. The van der Waals surface area contributed by atoms with E-state index in [1.165, 1.54) is 18.4 Å². The van der Waals surface area contributed by atoms with Gasteiger partial charge in [0.05, 0.1) is 12.7 Å².